The van der Waals surface area contributed by atoms with Gasteiger partial charge in [-0.3, -0.25) is 5.73 Å². The van der Waals surface area contributed by atoms with Crippen LogP contribution in [-0.4, -0.2) is 17.3 Å². The van der Waals surface area contributed by atoms with Gasteiger partial charge in [-0.1, -0.05) is 72.8 Å². The van der Waals surface area contributed by atoms with Crippen LogP contribution in [0.3, 0.4) is 0 Å². The number of hydrogen-bond donors (Lipinski definition) is 2. The van der Waals surface area contributed by atoms with Crippen LogP contribution in [0.5, 0.6) is 0 Å². The number of aliphatic hydroxyl groups is 1. The Balaban J connectivity index is 1.69. The van der Waals surface area contributed by atoms with Gasteiger partial charge in [0, 0.05) is 6.42 Å². The highest BCUT2D eigenvalue weighted by atomic mass is 16.6. The van der Waals surface area contributed by atoms with E-state index in [-0.39, 0.29) is 0 Å². The molecule has 0 aliphatic carbocycles. The first-order valence-electron chi connectivity index (χ1n) is 7.81. The van der Waals surface area contributed by atoms with E-state index in [0.717, 1.165) is 16.3 Å². The van der Waals surface area contributed by atoms with Crippen molar-refractivity contribution in [1.82, 2.24) is 0 Å². The lowest BCUT2D eigenvalue weighted by molar-refractivity contribution is -0.159. The highest BCUT2D eigenvalue weighted by Crippen LogP contribution is 2.20. The second-order valence-electron chi connectivity index (χ2n) is 5.63. The number of aliphatic hydroxyl groups excluding tert-OH is 1. The first kappa shape index (κ1) is 16.2. The molecule has 0 radical (unpaired) electrons. The number of fused-ring (bicyclic) bond motifs is 1. The molecule has 0 fully saturated rings. The Morgan fingerprint density at radius 3 is 2.42 bits per heavy atom. The van der Waals surface area contributed by atoms with Crippen LogP contribution in [0.15, 0.2) is 72.8 Å². The third kappa shape index (κ3) is 3.62. The summed E-state index contributed by atoms with van der Waals surface area (Å²) in [6.07, 6.45) is -1.76. The van der Waals surface area contributed by atoms with Crippen LogP contribution in [0.2, 0.25) is 0 Å². The fourth-order valence-electron chi connectivity index (χ4n) is 2.71. The van der Waals surface area contributed by atoms with Crippen molar-refractivity contribution in [3.8, 4) is 0 Å². The number of ether oxygens (including phenoxy) is 1. The molecule has 0 aromatic heterocycles. The topological polar surface area (TPSA) is 72.5 Å². The summed E-state index contributed by atoms with van der Waals surface area (Å²) in [6.45, 7) is 0. The van der Waals surface area contributed by atoms with Gasteiger partial charge in [0.05, 0.1) is 0 Å². The van der Waals surface area contributed by atoms with E-state index < -0.39 is 18.3 Å². The quantitative estimate of drug-likeness (QED) is 0.560. The molecule has 0 saturated heterocycles. The Hall–Kier alpha value is -2.69. The fraction of sp³-hybridized carbons (Fsp3) is 0.150. The molecule has 122 valence electrons. The summed E-state index contributed by atoms with van der Waals surface area (Å²) in [5, 5.41) is 12.2. The number of rotatable bonds is 5. The van der Waals surface area contributed by atoms with Gasteiger partial charge in [0.1, 0.15) is 0 Å². The van der Waals surface area contributed by atoms with Crippen molar-refractivity contribution in [3.05, 3.63) is 83.9 Å². The summed E-state index contributed by atoms with van der Waals surface area (Å²) >= 11 is 0. The van der Waals surface area contributed by atoms with E-state index in [0.29, 0.717) is 12.0 Å². The molecule has 0 spiro atoms. The van der Waals surface area contributed by atoms with Gasteiger partial charge >= 0.3 is 5.97 Å². The van der Waals surface area contributed by atoms with Crippen LogP contribution >= 0.6 is 0 Å². The summed E-state index contributed by atoms with van der Waals surface area (Å²) in [7, 11) is 0. The predicted octanol–water partition coefficient (Wildman–Crippen LogP) is 2.94. The summed E-state index contributed by atoms with van der Waals surface area (Å²) < 4.78 is 5.21. The zero-order chi connectivity index (χ0) is 16.9. The van der Waals surface area contributed by atoms with E-state index in [2.05, 4.69) is 0 Å². The molecular weight excluding hydrogens is 302 g/mol. The second kappa shape index (κ2) is 7.25. The molecule has 0 unspecified atom stereocenters. The van der Waals surface area contributed by atoms with Crippen molar-refractivity contribution in [2.75, 3.05) is 0 Å². The number of carbonyl (C=O) groups excluding carboxylic acids is 1. The second-order valence-corrected chi connectivity index (χ2v) is 5.63. The summed E-state index contributed by atoms with van der Waals surface area (Å²) in [4.78, 5) is 12.1. The highest BCUT2D eigenvalue weighted by Gasteiger charge is 2.21. The van der Waals surface area contributed by atoms with E-state index in [4.69, 9.17) is 10.5 Å². The molecule has 4 heteroatoms. The smallest absolute Gasteiger partial charge is 0.341 e. The standard InChI is InChI=1S/C20H19NO3/c21-18(24-20(23)19(22)15-8-2-1-3-9-15)13-16-11-6-10-14-7-4-5-12-17(14)16/h1-12,18-19,22H,13,21H2/t18-,19-/m1/s1. The van der Waals surface area contributed by atoms with Crippen molar-refractivity contribution in [1.29, 1.82) is 0 Å². The maximum Gasteiger partial charge on any atom is 0.341 e. The van der Waals surface area contributed by atoms with E-state index in [1.165, 1.54) is 0 Å². The minimum atomic E-state index is -1.33. The maximum atomic E-state index is 12.1. The maximum absolute atomic E-state index is 12.1. The zero-order valence-electron chi connectivity index (χ0n) is 13.1. The minimum Gasteiger partial charge on any atom is -0.444 e. The van der Waals surface area contributed by atoms with Gasteiger partial charge in [0.25, 0.3) is 0 Å². The Bertz CT molecular complexity index is 827. The van der Waals surface area contributed by atoms with Crippen LogP contribution < -0.4 is 5.73 Å². The van der Waals surface area contributed by atoms with Crippen LogP contribution in [0.25, 0.3) is 10.8 Å². The van der Waals surface area contributed by atoms with E-state index in [9.17, 15) is 9.90 Å². The molecule has 24 heavy (non-hydrogen) atoms. The molecule has 3 N–H and O–H groups in total. The first-order chi connectivity index (χ1) is 11.6. The lowest BCUT2D eigenvalue weighted by atomic mass is 10.0. The Kier molecular flexibility index (Phi) is 4.89. The molecule has 0 heterocycles. The first-order valence-corrected chi connectivity index (χ1v) is 7.81. The van der Waals surface area contributed by atoms with Gasteiger partial charge in [0.15, 0.2) is 12.3 Å². The van der Waals surface area contributed by atoms with Crippen LogP contribution in [0, 0.1) is 0 Å². The largest absolute Gasteiger partial charge is 0.444 e. The average Bonchev–Trinajstić information content (AvgIpc) is 2.62. The van der Waals surface area contributed by atoms with Crippen LogP contribution in [0.4, 0.5) is 0 Å². The monoisotopic (exact) mass is 321 g/mol. The van der Waals surface area contributed by atoms with Gasteiger partial charge in [-0.15, -0.1) is 0 Å². The lowest BCUT2D eigenvalue weighted by Gasteiger charge is -2.17. The van der Waals surface area contributed by atoms with Crippen molar-refractivity contribution < 1.29 is 14.6 Å². The number of esters is 1. The summed E-state index contributed by atoms with van der Waals surface area (Å²) in [5.41, 5.74) is 7.45. The lowest BCUT2D eigenvalue weighted by Crippen LogP contribution is -2.31. The van der Waals surface area contributed by atoms with Crippen molar-refractivity contribution in [2.24, 2.45) is 5.73 Å². The Morgan fingerprint density at radius 2 is 1.62 bits per heavy atom. The Morgan fingerprint density at radius 1 is 0.958 bits per heavy atom. The molecular formula is C20H19NO3. The molecule has 0 aliphatic heterocycles. The van der Waals surface area contributed by atoms with Gasteiger partial charge in [-0.2, -0.15) is 0 Å². The van der Waals surface area contributed by atoms with E-state index >= 15 is 0 Å². The molecule has 0 aliphatic rings. The van der Waals surface area contributed by atoms with Crippen molar-refractivity contribution in [2.45, 2.75) is 18.8 Å². The van der Waals surface area contributed by atoms with E-state index in [1.54, 1.807) is 24.3 Å². The van der Waals surface area contributed by atoms with Crippen molar-refractivity contribution in [3.63, 3.8) is 0 Å². The number of carbonyl (C=O) groups is 1. The predicted molar refractivity (Wildman–Crippen MR) is 93.1 cm³/mol. The molecule has 4 nitrogen and oxygen atoms in total. The Labute approximate surface area is 140 Å². The molecule has 3 aromatic rings. The molecule has 0 saturated carbocycles. The molecule has 0 bridgehead atoms. The SMILES string of the molecule is N[C@@H](Cc1cccc2ccccc12)OC(=O)[C@H](O)c1ccccc1. The third-order valence-corrected chi connectivity index (χ3v) is 3.91. The molecule has 3 rings (SSSR count). The molecule has 2 atom stereocenters. The molecule has 3 aromatic carbocycles. The third-order valence-electron chi connectivity index (χ3n) is 3.91. The number of nitrogens with two attached hydrogens (primary N) is 1. The van der Waals surface area contributed by atoms with Gasteiger partial charge in [0.2, 0.25) is 0 Å². The molecule has 0 amide bonds. The minimum absolute atomic E-state index is 0.384. The van der Waals surface area contributed by atoms with Crippen LogP contribution in [0.1, 0.15) is 17.2 Å². The zero-order valence-corrected chi connectivity index (χ0v) is 13.1. The summed E-state index contributed by atoms with van der Waals surface area (Å²) in [6, 6.07) is 22.6. The number of benzene rings is 3. The van der Waals surface area contributed by atoms with Gasteiger partial charge in [-0.25, -0.2) is 4.79 Å². The van der Waals surface area contributed by atoms with Crippen LogP contribution in [-0.2, 0) is 16.0 Å². The summed E-state index contributed by atoms with van der Waals surface area (Å²) in [5.74, 6) is -0.742. The van der Waals surface area contributed by atoms with E-state index in [1.807, 2.05) is 48.5 Å². The fourth-order valence-corrected chi connectivity index (χ4v) is 2.71. The normalized spacial score (nSPS) is 13.4. The van der Waals surface area contributed by atoms with Gasteiger partial charge in [-0.05, 0) is 21.9 Å². The van der Waals surface area contributed by atoms with Crippen molar-refractivity contribution >= 4 is 16.7 Å². The highest BCUT2D eigenvalue weighted by molar-refractivity contribution is 5.85. The number of hydrogen-bond acceptors (Lipinski definition) is 4. The average molecular weight is 321 g/mol. The van der Waals surface area contributed by atoms with Gasteiger partial charge < -0.3 is 9.84 Å².